The molecule has 124 valence electrons. The van der Waals surface area contributed by atoms with Gasteiger partial charge in [0.15, 0.2) is 0 Å². The molecule has 2 heterocycles. The number of nitrogens with zero attached hydrogens (tertiary/aromatic N) is 4. The minimum Gasteiger partial charge on any atom is -0.337 e. The summed E-state index contributed by atoms with van der Waals surface area (Å²) < 4.78 is 1.79. The molecule has 0 saturated heterocycles. The second-order valence-corrected chi connectivity index (χ2v) is 6.79. The zero-order chi connectivity index (χ0) is 17.3. The zero-order valence-electron chi connectivity index (χ0n) is 13.8. The molecule has 0 aliphatic rings. The molecule has 3 rings (SSSR count). The zero-order valence-corrected chi connectivity index (χ0v) is 14.6. The monoisotopic (exact) mass is 342 g/mol. The Morgan fingerprint density at radius 3 is 2.67 bits per heavy atom. The maximum atomic E-state index is 12.9. The minimum absolute atomic E-state index is 0.148. The lowest BCUT2D eigenvalue weighted by molar-refractivity contribution is 0.0786. The fraction of sp³-hybridized carbons (Fsp3) is 0.294. The number of hydrogen-bond acceptors (Lipinski definition) is 5. The molecular formula is C17H18N4O2S. The van der Waals surface area contributed by atoms with Crippen molar-refractivity contribution in [3.05, 3.63) is 56.7 Å². The van der Waals surface area contributed by atoms with Crippen LogP contribution in [0.4, 0.5) is 0 Å². The Morgan fingerprint density at radius 1 is 1.29 bits per heavy atom. The van der Waals surface area contributed by atoms with Crippen LogP contribution in [0, 0.1) is 6.92 Å². The maximum Gasteiger partial charge on any atom is 0.287 e. The van der Waals surface area contributed by atoms with Crippen molar-refractivity contribution in [1.29, 1.82) is 0 Å². The third kappa shape index (κ3) is 2.82. The first-order valence-electron chi connectivity index (χ1n) is 7.69. The molecule has 24 heavy (non-hydrogen) atoms. The Bertz CT molecular complexity index is 946. The third-order valence-corrected chi connectivity index (χ3v) is 4.95. The van der Waals surface area contributed by atoms with Gasteiger partial charge in [-0.15, -0.1) is 16.4 Å². The van der Waals surface area contributed by atoms with Gasteiger partial charge in [-0.1, -0.05) is 35.5 Å². The van der Waals surface area contributed by atoms with Crippen LogP contribution in [0.5, 0.6) is 0 Å². The summed E-state index contributed by atoms with van der Waals surface area (Å²) in [4.78, 5) is 27.6. The molecule has 0 saturated carbocycles. The van der Waals surface area contributed by atoms with Crippen LogP contribution in [0.25, 0.3) is 10.2 Å². The van der Waals surface area contributed by atoms with Crippen LogP contribution in [-0.2, 0) is 13.1 Å². The third-order valence-electron chi connectivity index (χ3n) is 3.86. The van der Waals surface area contributed by atoms with Gasteiger partial charge >= 0.3 is 0 Å². The summed E-state index contributed by atoms with van der Waals surface area (Å²) in [5.41, 5.74) is 1.73. The molecule has 0 bridgehead atoms. The molecule has 0 aliphatic carbocycles. The number of thiophene rings is 1. The Hall–Kier alpha value is -2.54. The van der Waals surface area contributed by atoms with E-state index in [0.717, 1.165) is 10.4 Å². The predicted molar refractivity (Wildman–Crippen MR) is 94.3 cm³/mol. The number of amides is 1. The van der Waals surface area contributed by atoms with Crippen molar-refractivity contribution >= 4 is 27.5 Å². The molecule has 0 fully saturated rings. The Kier molecular flexibility index (Phi) is 4.44. The summed E-state index contributed by atoms with van der Waals surface area (Å²) in [6, 6.07) is 9.77. The van der Waals surface area contributed by atoms with E-state index >= 15 is 0 Å². The summed E-state index contributed by atoms with van der Waals surface area (Å²) >= 11 is 1.30. The Balaban J connectivity index is 1.99. The van der Waals surface area contributed by atoms with E-state index in [9.17, 15) is 9.59 Å². The van der Waals surface area contributed by atoms with Crippen molar-refractivity contribution in [2.24, 2.45) is 0 Å². The number of aryl methyl sites for hydroxylation is 2. The van der Waals surface area contributed by atoms with E-state index in [1.807, 2.05) is 44.2 Å². The molecule has 1 amide bonds. The van der Waals surface area contributed by atoms with E-state index in [0.29, 0.717) is 28.9 Å². The van der Waals surface area contributed by atoms with E-state index in [1.54, 1.807) is 11.9 Å². The number of benzene rings is 1. The number of aromatic nitrogens is 3. The summed E-state index contributed by atoms with van der Waals surface area (Å²) in [6.45, 7) is 4.62. The average Bonchev–Trinajstić information content (AvgIpc) is 2.92. The van der Waals surface area contributed by atoms with Crippen LogP contribution in [0.2, 0.25) is 0 Å². The van der Waals surface area contributed by atoms with Crippen molar-refractivity contribution < 1.29 is 4.79 Å². The first kappa shape index (κ1) is 16.3. The van der Waals surface area contributed by atoms with Crippen LogP contribution in [0.15, 0.2) is 35.1 Å². The molecule has 7 heteroatoms. The summed E-state index contributed by atoms with van der Waals surface area (Å²) in [6.07, 6.45) is 0. The van der Waals surface area contributed by atoms with Gasteiger partial charge < -0.3 is 4.90 Å². The quantitative estimate of drug-likeness (QED) is 0.730. The van der Waals surface area contributed by atoms with Crippen LogP contribution in [-0.4, -0.2) is 32.8 Å². The molecular weight excluding hydrogens is 324 g/mol. The number of rotatable bonds is 4. The smallest absolute Gasteiger partial charge is 0.287 e. The van der Waals surface area contributed by atoms with Crippen molar-refractivity contribution in [3.8, 4) is 0 Å². The van der Waals surface area contributed by atoms with Gasteiger partial charge in [0.05, 0.1) is 5.56 Å². The fourth-order valence-electron chi connectivity index (χ4n) is 2.61. The van der Waals surface area contributed by atoms with Crippen LogP contribution < -0.4 is 5.56 Å². The minimum atomic E-state index is -0.194. The Labute approximate surface area is 143 Å². The molecule has 0 unspecified atom stereocenters. The summed E-state index contributed by atoms with van der Waals surface area (Å²) in [5.74, 6) is -0.148. The van der Waals surface area contributed by atoms with Gasteiger partial charge in [-0.3, -0.25) is 9.59 Å². The highest BCUT2D eigenvalue weighted by Crippen LogP contribution is 2.27. The van der Waals surface area contributed by atoms with E-state index in [4.69, 9.17) is 0 Å². The van der Waals surface area contributed by atoms with E-state index in [2.05, 4.69) is 10.3 Å². The largest absolute Gasteiger partial charge is 0.337 e. The van der Waals surface area contributed by atoms with Crippen molar-refractivity contribution in [3.63, 3.8) is 0 Å². The lowest BCUT2D eigenvalue weighted by Gasteiger charge is -2.17. The van der Waals surface area contributed by atoms with E-state index in [-0.39, 0.29) is 11.5 Å². The molecule has 3 aromatic rings. The second kappa shape index (κ2) is 6.52. The highest BCUT2D eigenvalue weighted by Gasteiger charge is 2.23. The molecule has 0 aliphatic heterocycles. The lowest BCUT2D eigenvalue weighted by Crippen LogP contribution is -2.27. The predicted octanol–water partition coefficient (Wildman–Crippen LogP) is 2.45. The molecule has 6 nitrogen and oxygen atoms in total. The summed E-state index contributed by atoms with van der Waals surface area (Å²) in [5, 5.41) is 8.03. The molecule has 0 spiro atoms. The topological polar surface area (TPSA) is 68.1 Å². The Morgan fingerprint density at radius 2 is 2.00 bits per heavy atom. The molecule has 0 radical (unpaired) electrons. The molecule has 2 aromatic heterocycles. The molecule has 0 N–H and O–H groups in total. The van der Waals surface area contributed by atoms with Crippen molar-refractivity contribution in [1.82, 2.24) is 19.9 Å². The average molecular weight is 342 g/mol. The van der Waals surface area contributed by atoms with Gasteiger partial charge in [0.2, 0.25) is 0 Å². The maximum absolute atomic E-state index is 12.9. The standard InChI is InChI=1S/C17H18N4O2S/c1-4-21-17(23)15-14(18-19-21)13(11(2)24-15)16(22)20(3)10-12-8-6-5-7-9-12/h5-9H,4,10H2,1-3H3. The van der Waals surface area contributed by atoms with Gasteiger partial charge in [0.1, 0.15) is 10.2 Å². The van der Waals surface area contributed by atoms with Gasteiger partial charge in [0, 0.05) is 25.0 Å². The van der Waals surface area contributed by atoms with Crippen LogP contribution in [0.1, 0.15) is 27.7 Å². The molecule has 1 aromatic carbocycles. The van der Waals surface area contributed by atoms with Gasteiger partial charge in [-0.05, 0) is 19.4 Å². The van der Waals surface area contributed by atoms with Gasteiger partial charge in [-0.25, -0.2) is 4.68 Å². The first-order chi connectivity index (χ1) is 11.5. The number of carbonyl (C=O) groups is 1. The highest BCUT2D eigenvalue weighted by molar-refractivity contribution is 7.19. The summed E-state index contributed by atoms with van der Waals surface area (Å²) in [7, 11) is 1.75. The van der Waals surface area contributed by atoms with E-state index in [1.165, 1.54) is 16.0 Å². The van der Waals surface area contributed by atoms with Gasteiger partial charge in [-0.2, -0.15) is 0 Å². The number of hydrogen-bond donors (Lipinski definition) is 0. The second-order valence-electron chi connectivity index (χ2n) is 5.57. The van der Waals surface area contributed by atoms with Gasteiger partial charge in [0.25, 0.3) is 11.5 Å². The highest BCUT2D eigenvalue weighted by atomic mass is 32.1. The number of fused-ring (bicyclic) bond motifs is 1. The fourth-order valence-corrected chi connectivity index (χ4v) is 3.63. The van der Waals surface area contributed by atoms with Crippen molar-refractivity contribution in [2.45, 2.75) is 26.9 Å². The van der Waals surface area contributed by atoms with Crippen molar-refractivity contribution in [2.75, 3.05) is 7.05 Å². The van der Waals surface area contributed by atoms with Crippen LogP contribution >= 0.6 is 11.3 Å². The van der Waals surface area contributed by atoms with Crippen LogP contribution in [0.3, 0.4) is 0 Å². The molecule has 0 atom stereocenters. The number of carbonyl (C=O) groups excluding carboxylic acids is 1. The lowest BCUT2D eigenvalue weighted by atomic mass is 10.1. The van der Waals surface area contributed by atoms with E-state index < -0.39 is 0 Å². The normalized spacial score (nSPS) is 11.0. The SMILES string of the molecule is CCn1nnc2c(C(=O)N(C)Cc3ccccc3)c(C)sc2c1=O. The first-order valence-corrected chi connectivity index (χ1v) is 8.50.